The number of likely N-dealkylation sites (N-methyl/N-ethyl adjacent to an activating group) is 1. The number of carbonyl (C=O) groups is 2. The van der Waals surface area contributed by atoms with Crippen LogP contribution in [0.15, 0.2) is 42.6 Å². The van der Waals surface area contributed by atoms with Crippen molar-refractivity contribution in [2.45, 2.75) is 25.9 Å². The highest BCUT2D eigenvalue weighted by Crippen LogP contribution is 2.23. The number of benzene rings is 1. The van der Waals surface area contributed by atoms with Crippen LogP contribution in [0.4, 0.5) is 5.95 Å². The molecule has 2 amide bonds. The fourth-order valence-electron chi connectivity index (χ4n) is 3.47. The third-order valence-electron chi connectivity index (χ3n) is 5.21. The minimum Gasteiger partial charge on any atom is -0.477 e. The Hall–Kier alpha value is -3.17. The zero-order valence-electron chi connectivity index (χ0n) is 19.8. The summed E-state index contributed by atoms with van der Waals surface area (Å²) in [5, 5.41) is 6.46. The van der Waals surface area contributed by atoms with Crippen molar-refractivity contribution in [3.05, 3.63) is 58.8 Å². The van der Waals surface area contributed by atoms with Gasteiger partial charge >= 0.3 is 0 Å². The Kier molecular flexibility index (Phi) is 9.24. The smallest absolute Gasteiger partial charge is 0.253 e. The van der Waals surface area contributed by atoms with Gasteiger partial charge in [0.15, 0.2) is 0 Å². The van der Waals surface area contributed by atoms with Crippen molar-refractivity contribution in [1.29, 1.82) is 0 Å². The van der Waals surface area contributed by atoms with E-state index in [4.69, 9.17) is 16.3 Å². The summed E-state index contributed by atoms with van der Waals surface area (Å²) < 4.78 is 5.41. The molecule has 9 nitrogen and oxygen atoms in total. The number of amides is 2. The highest BCUT2D eigenvalue weighted by Gasteiger charge is 2.27. The number of rotatable bonds is 10. The van der Waals surface area contributed by atoms with Crippen molar-refractivity contribution in [2.24, 2.45) is 0 Å². The van der Waals surface area contributed by atoms with Gasteiger partial charge in [-0.1, -0.05) is 29.8 Å². The van der Waals surface area contributed by atoms with Crippen LogP contribution >= 0.6 is 11.6 Å². The maximum atomic E-state index is 12.9. The molecule has 1 aliphatic rings. The molecule has 0 aliphatic carbocycles. The van der Waals surface area contributed by atoms with E-state index in [0.717, 1.165) is 12.0 Å². The predicted molar refractivity (Wildman–Crippen MR) is 132 cm³/mol. The van der Waals surface area contributed by atoms with Gasteiger partial charge in [-0.2, -0.15) is 4.98 Å². The van der Waals surface area contributed by atoms with Crippen LogP contribution in [0.1, 0.15) is 29.3 Å². The van der Waals surface area contributed by atoms with Gasteiger partial charge in [0, 0.05) is 43.9 Å². The number of anilines is 1. The Labute approximate surface area is 205 Å². The van der Waals surface area contributed by atoms with Crippen LogP contribution in [-0.2, 0) is 11.3 Å². The largest absolute Gasteiger partial charge is 0.477 e. The number of hydrogen-bond acceptors (Lipinski definition) is 7. The number of nitrogens with zero attached hydrogens (tertiary/aromatic N) is 4. The molecule has 2 heterocycles. The summed E-state index contributed by atoms with van der Waals surface area (Å²) >= 11 is 6.05. The van der Waals surface area contributed by atoms with E-state index in [1.807, 2.05) is 49.0 Å². The van der Waals surface area contributed by atoms with E-state index in [1.54, 1.807) is 12.1 Å². The van der Waals surface area contributed by atoms with Gasteiger partial charge in [-0.05, 0) is 45.1 Å². The first-order chi connectivity index (χ1) is 16.4. The van der Waals surface area contributed by atoms with Crippen molar-refractivity contribution >= 4 is 29.4 Å². The van der Waals surface area contributed by atoms with E-state index in [0.29, 0.717) is 55.2 Å². The van der Waals surface area contributed by atoms with Crippen molar-refractivity contribution in [3.63, 3.8) is 0 Å². The van der Waals surface area contributed by atoms with Crippen LogP contribution in [0.3, 0.4) is 0 Å². The first kappa shape index (κ1) is 25.5. The molecule has 0 spiro atoms. The molecule has 3 rings (SSSR count). The summed E-state index contributed by atoms with van der Waals surface area (Å²) in [6, 6.07) is 7.35. The van der Waals surface area contributed by atoms with Crippen molar-refractivity contribution in [2.75, 3.05) is 45.7 Å². The van der Waals surface area contributed by atoms with E-state index in [2.05, 4.69) is 20.6 Å². The van der Waals surface area contributed by atoms with Gasteiger partial charge in [0.1, 0.15) is 5.02 Å². The van der Waals surface area contributed by atoms with Crippen molar-refractivity contribution < 1.29 is 14.3 Å². The lowest BCUT2D eigenvalue weighted by Gasteiger charge is -2.17. The highest BCUT2D eigenvalue weighted by molar-refractivity contribution is 6.31. The number of likely N-dealkylation sites (tertiary alicyclic amines) is 1. The Morgan fingerprint density at radius 2 is 2.06 bits per heavy atom. The van der Waals surface area contributed by atoms with Crippen molar-refractivity contribution in [3.8, 4) is 5.88 Å². The van der Waals surface area contributed by atoms with E-state index < -0.39 is 0 Å². The first-order valence-corrected chi connectivity index (χ1v) is 11.6. The van der Waals surface area contributed by atoms with Gasteiger partial charge in [-0.3, -0.25) is 9.59 Å². The molecule has 1 aliphatic heterocycles. The lowest BCUT2D eigenvalue weighted by atomic mass is 10.1. The Morgan fingerprint density at radius 3 is 2.76 bits per heavy atom. The molecule has 34 heavy (non-hydrogen) atoms. The molecule has 1 saturated heterocycles. The number of halogens is 1. The first-order valence-electron chi connectivity index (χ1n) is 11.2. The van der Waals surface area contributed by atoms with Crippen LogP contribution in [0.2, 0.25) is 5.02 Å². The average molecular weight is 487 g/mol. The minimum absolute atomic E-state index is 0.0291. The fraction of sp³-hybridized carbons (Fsp3) is 0.417. The summed E-state index contributed by atoms with van der Waals surface area (Å²) in [6.45, 7) is 4.62. The molecule has 1 fully saturated rings. The maximum absolute atomic E-state index is 12.9. The average Bonchev–Trinajstić information content (AvgIpc) is 3.28. The lowest BCUT2D eigenvalue weighted by molar-refractivity contribution is -0.116. The second kappa shape index (κ2) is 12.3. The van der Waals surface area contributed by atoms with E-state index >= 15 is 0 Å². The maximum Gasteiger partial charge on any atom is 0.253 e. The number of carbonyl (C=O) groups excluding carboxylic acids is 2. The standard InChI is InChI=1S/C24H31ClN6O3/c1-4-34-22-20(25)15-27-24(29-22)28-19-11-13-31(16-19)23(33)18-9-7-17(8-10-18)14-26-21(32)6-5-12-30(2)3/h5-10,15,19H,4,11-14,16H2,1-3H3,(H,26,32)(H,27,28,29)/b6-5+. The quantitative estimate of drug-likeness (QED) is 0.498. The molecule has 0 radical (unpaired) electrons. The van der Waals surface area contributed by atoms with Crippen molar-refractivity contribution in [1.82, 2.24) is 25.1 Å². The fourth-order valence-corrected chi connectivity index (χ4v) is 3.62. The molecule has 1 aromatic carbocycles. The Balaban J connectivity index is 1.49. The molecule has 0 bridgehead atoms. The van der Waals surface area contributed by atoms with Gasteiger partial charge in [0.25, 0.3) is 5.91 Å². The zero-order valence-corrected chi connectivity index (χ0v) is 20.5. The van der Waals surface area contributed by atoms with E-state index in [9.17, 15) is 9.59 Å². The lowest BCUT2D eigenvalue weighted by Crippen LogP contribution is -2.32. The normalized spacial score (nSPS) is 15.7. The van der Waals surface area contributed by atoms with Gasteiger partial charge < -0.3 is 25.2 Å². The van der Waals surface area contributed by atoms with Gasteiger partial charge in [0.05, 0.1) is 12.8 Å². The molecule has 1 aromatic heterocycles. The summed E-state index contributed by atoms with van der Waals surface area (Å²) in [5.74, 6) is 0.595. The van der Waals surface area contributed by atoms with Gasteiger partial charge in [0.2, 0.25) is 17.7 Å². The second-order valence-electron chi connectivity index (χ2n) is 8.24. The third-order valence-corrected chi connectivity index (χ3v) is 5.47. The van der Waals surface area contributed by atoms with Crippen LogP contribution in [0, 0.1) is 0 Å². The summed E-state index contributed by atoms with van der Waals surface area (Å²) in [5.41, 5.74) is 1.54. The summed E-state index contributed by atoms with van der Waals surface area (Å²) in [7, 11) is 3.88. The molecular formula is C24H31ClN6O3. The number of aromatic nitrogens is 2. The molecule has 2 aromatic rings. The number of hydrogen-bond donors (Lipinski definition) is 2. The molecular weight excluding hydrogens is 456 g/mol. The molecule has 1 atom stereocenters. The van der Waals surface area contributed by atoms with Crippen LogP contribution < -0.4 is 15.4 Å². The zero-order chi connectivity index (χ0) is 24.5. The Morgan fingerprint density at radius 1 is 1.29 bits per heavy atom. The third kappa shape index (κ3) is 7.43. The topological polar surface area (TPSA) is 99.7 Å². The molecule has 0 saturated carbocycles. The van der Waals surface area contributed by atoms with E-state index in [-0.39, 0.29) is 17.9 Å². The van der Waals surface area contributed by atoms with E-state index in [1.165, 1.54) is 12.3 Å². The minimum atomic E-state index is -0.143. The molecule has 2 N–H and O–H groups in total. The molecule has 182 valence electrons. The predicted octanol–water partition coefficient (Wildman–Crippen LogP) is 2.59. The number of ether oxygens (including phenoxy) is 1. The van der Waals surface area contributed by atoms with Crippen LogP contribution in [0.25, 0.3) is 0 Å². The van der Waals surface area contributed by atoms with Gasteiger partial charge in [-0.25, -0.2) is 4.98 Å². The van der Waals surface area contributed by atoms with Crippen LogP contribution in [-0.4, -0.2) is 78.0 Å². The molecule has 1 unspecified atom stereocenters. The summed E-state index contributed by atoms with van der Waals surface area (Å²) in [4.78, 5) is 37.1. The number of nitrogens with one attached hydrogen (secondary N) is 2. The van der Waals surface area contributed by atoms with Crippen LogP contribution in [0.5, 0.6) is 5.88 Å². The summed E-state index contributed by atoms with van der Waals surface area (Å²) in [6.07, 6.45) is 5.63. The molecule has 10 heteroatoms. The van der Waals surface area contributed by atoms with Gasteiger partial charge in [-0.15, -0.1) is 0 Å². The monoisotopic (exact) mass is 486 g/mol. The Bertz CT molecular complexity index is 1010. The second-order valence-corrected chi connectivity index (χ2v) is 8.65. The highest BCUT2D eigenvalue weighted by atomic mass is 35.5. The SMILES string of the molecule is CCOc1nc(NC2CCN(C(=O)c3ccc(CNC(=O)/C=C/CN(C)C)cc3)C2)ncc1Cl.